The molecule has 1 aromatic carbocycles. The molecule has 5 rings (SSSR count). The van der Waals surface area contributed by atoms with Gasteiger partial charge in [-0.2, -0.15) is 14.9 Å². The summed E-state index contributed by atoms with van der Waals surface area (Å²) in [6.45, 7) is 1.90. The van der Waals surface area contributed by atoms with E-state index in [1.54, 1.807) is 23.1 Å². The van der Waals surface area contributed by atoms with Gasteiger partial charge >= 0.3 is 0 Å². The molecule has 0 saturated heterocycles. The highest BCUT2D eigenvalue weighted by Gasteiger charge is 2.33. The van der Waals surface area contributed by atoms with Crippen LogP contribution in [0.3, 0.4) is 0 Å². The van der Waals surface area contributed by atoms with E-state index in [0.717, 1.165) is 27.9 Å². The summed E-state index contributed by atoms with van der Waals surface area (Å²) < 4.78 is 1.55. The van der Waals surface area contributed by atoms with Crippen molar-refractivity contribution in [2.24, 2.45) is 0 Å². The number of hydrogen-bond donors (Lipinski definition) is 2. The lowest BCUT2D eigenvalue weighted by molar-refractivity contribution is -0.116. The molecule has 0 saturated carbocycles. The number of aromatic nitrogens is 6. The molecule has 0 fully saturated rings. The fourth-order valence-electron chi connectivity index (χ4n) is 3.65. The van der Waals surface area contributed by atoms with Gasteiger partial charge in [-0.15, -0.1) is 0 Å². The number of aryl methyl sites for hydroxylation is 1. The summed E-state index contributed by atoms with van der Waals surface area (Å²) in [6, 6.07) is 8.78. The Kier molecular flexibility index (Phi) is 3.54. The molecule has 0 bridgehead atoms. The molecule has 1 aliphatic rings. The second-order valence-electron chi connectivity index (χ2n) is 6.65. The van der Waals surface area contributed by atoms with E-state index >= 15 is 0 Å². The topological polar surface area (TPSA) is 118 Å². The van der Waals surface area contributed by atoms with E-state index in [1.807, 2.05) is 25.1 Å². The van der Waals surface area contributed by atoms with Crippen LogP contribution in [0.25, 0.3) is 16.9 Å². The van der Waals surface area contributed by atoms with Crippen LogP contribution in [0, 0.1) is 6.92 Å². The molecule has 2 N–H and O–H groups in total. The number of hydrogen-bond acceptors (Lipinski definition) is 6. The number of amides is 1. The molecular formula is C19H15N7O2. The van der Waals surface area contributed by atoms with E-state index < -0.39 is 0 Å². The molecule has 28 heavy (non-hydrogen) atoms. The van der Waals surface area contributed by atoms with Crippen molar-refractivity contribution < 1.29 is 4.79 Å². The van der Waals surface area contributed by atoms with Gasteiger partial charge in [-0.05, 0) is 30.7 Å². The van der Waals surface area contributed by atoms with Crippen molar-refractivity contribution in [2.75, 3.05) is 5.32 Å². The van der Waals surface area contributed by atoms with Crippen molar-refractivity contribution in [1.29, 1.82) is 0 Å². The summed E-state index contributed by atoms with van der Waals surface area (Å²) in [6.07, 6.45) is 3.61. The van der Waals surface area contributed by atoms with Gasteiger partial charge in [-0.1, -0.05) is 6.07 Å². The Balaban J connectivity index is 1.67. The Morgan fingerprint density at radius 1 is 1.07 bits per heavy atom. The van der Waals surface area contributed by atoms with Crippen molar-refractivity contribution in [2.45, 2.75) is 19.3 Å². The molecule has 9 nitrogen and oxygen atoms in total. The number of carbonyl (C=O) groups is 1. The van der Waals surface area contributed by atoms with Crippen molar-refractivity contribution in [3.05, 3.63) is 69.9 Å². The van der Waals surface area contributed by atoms with Crippen LogP contribution in [0.2, 0.25) is 0 Å². The molecule has 3 aromatic heterocycles. The highest BCUT2D eigenvalue weighted by atomic mass is 16.2. The Morgan fingerprint density at radius 3 is 2.68 bits per heavy atom. The van der Waals surface area contributed by atoms with Crippen LogP contribution in [0.15, 0.2) is 47.5 Å². The number of benzene rings is 1. The van der Waals surface area contributed by atoms with Crippen molar-refractivity contribution in [3.8, 4) is 5.82 Å². The van der Waals surface area contributed by atoms with Crippen molar-refractivity contribution in [3.63, 3.8) is 0 Å². The van der Waals surface area contributed by atoms with E-state index in [4.69, 9.17) is 0 Å². The van der Waals surface area contributed by atoms with E-state index in [0.29, 0.717) is 18.1 Å². The summed E-state index contributed by atoms with van der Waals surface area (Å²) in [5, 5.41) is 13.9. The average Bonchev–Trinajstić information content (AvgIpc) is 3.04. The largest absolute Gasteiger partial charge is 0.310 e. The zero-order chi connectivity index (χ0) is 19.3. The number of carbonyl (C=O) groups excluding carboxylic acids is 1. The second kappa shape index (κ2) is 6.08. The van der Waals surface area contributed by atoms with Crippen LogP contribution in [-0.2, 0) is 4.79 Å². The molecule has 138 valence electrons. The van der Waals surface area contributed by atoms with Crippen LogP contribution < -0.4 is 10.9 Å². The maximum absolute atomic E-state index is 12.5. The zero-order valence-electron chi connectivity index (χ0n) is 14.9. The maximum atomic E-state index is 12.5. The first-order valence-corrected chi connectivity index (χ1v) is 8.76. The van der Waals surface area contributed by atoms with E-state index in [9.17, 15) is 9.59 Å². The van der Waals surface area contributed by atoms with Gasteiger partial charge in [-0.3, -0.25) is 19.6 Å². The molecule has 1 atom stereocenters. The molecule has 0 aliphatic carbocycles. The van der Waals surface area contributed by atoms with Gasteiger partial charge in [-0.25, -0.2) is 5.10 Å². The Hall–Kier alpha value is -3.88. The van der Waals surface area contributed by atoms with Crippen molar-refractivity contribution >= 4 is 22.8 Å². The minimum Gasteiger partial charge on any atom is -0.310 e. The van der Waals surface area contributed by atoms with Gasteiger partial charge in [0.1, 0.15) is 5.82 Å². The Labute approximate surface area is 158 Å². The second-order valence-corrected chi connectivity index (χ2v) is 6.65. The van der Waals surface area contributed by atoms with Crippen LogP contribution in [0.1, 0.15) is 29.2 Å². The first-order valence-electron chi connectivity index (χ1n) is 8.76. The van der Waals surface area contributed by atoms with Gasteiger partial charge < -0.3 is 5.32 Å². The molecule has 1 aliphatic heterocycles. The molecular weight excluding hydrogens is 358 g/mol. The van der Waals surface area contributed by atoms with E-state index in [2.05, 4.69) is 30.6 Å². The van der Waals surface area contributed by atoms with Crippen molar-refractivity contribution in [1.82, 2.24) is 29.9 Å². The quantitative estimate of drug-likeness (QED) is 0.552. The highest BCUT2D eigenvalue weighted by Crippen LogP contribution is 2.40. The third-order valence-corrected chi connectivity index (χ3v) is 4.88. The smallest absolute Gasteiger partial charge is 0.264 e. The fraction of sp³-hybridized carbons (Fsp3) is 0.158. The standard InChI is InChI=1S/C19H15N7O2/c1-10-18-12(11-2-3-13-14(8-11)21-7-6-20-13)9-17(28)22-19(18)26(25-10)15-4-5-16(27)24-23-15/h2-8,12H,9H2,1H3,(H,22,28)(H,24,27). The van der Waals surface area contributed by atoms with Gasteiger partial charge in [0.15, 0.2) is 5.82 Å². The monoisotopic (exact) mass is 373 g/mol. The molecule has 1 amide bonds. The first kappa shape index (κ1) is 16.3. The normalized spacial score (nSPS) is 16.0. The SMILES string of the molecule is Cc1nn(-c2ccc(=O)[nH]n2)c2c1C(c1ccc3nccnc3c1)CC(=O)N2. The van der Waals surface area contributed by atoms with Gasteiger partial charge in [0, 0.05) is 36.4 Å². The van der Waals surface area contributed by atoms with E-state index in [-0.39, 0.29) is 17.4 Å². The van der Waals surface area contributed by atoms with Gasteiger partial charge in [0.25, 0.3) is 5.56 Å². The minimum atomic E-state index is -0.305. The van der Waals surface area contributed by atoms with Crippen LogP contribution >= 0.6 is 0 Å². The Morgan fingerprint density at radius 2 is 1.89 bits per heavy atom. The number of fused-ring (bicyclic) bond motifs is 2. The molecule has 4 aromatic rings. The maximum Gasteiger partial charge on any atom is 0.264 e. The van der Waals surface area contributed by atoms with E-state index in [1.165, 1.54) is 6.07 Å². The summed E-state index contributed by atoms with van der Waals surface area (Å²) in [5.74, 6) is 0.723. The predicted molar refractivity (Wildman–Crippen MR) is 101 cm³/mol. The highest BCUT2D eigenvalue weighted by molar-refractivity contribution is 5.95. The third kappa shape index (κ3) is 2.56. The number of rotatable bonds is 2. The molecule has 0 radical (unpaired) electrons. The third-order valence-electron chi connectivity index (χ3n) is 4.88. The lowest BCUT2D eigenvalue weighted by atomic mass is 9.85. The first-order chi connectivity index (χ1) is 13.6. The minimum absolute atomic E-state index is 0.109. The van der Waals surface area contributed by atoms with Gasteiger partial charge in [0.05, 0.1) is 16.7 Å². The number of aromatic amines is 1. The number of anilines is 1. The average molecular weight is 373 g/mol. The fourth-order valence-corrected chi connectivity index (χ4v) is 3.65. The summed E-state index contributed by atoms with van der Waals surface area (Å²) in [4.78, 5) is 32.4. The molecule has 9 heteroatoms. The Bertz CT molecular complexity index is 1270. The summed E-state index contributed by atoms with van der Waals surface area (Å²) in [5.41, 5.74) is 3.96. The predicted octanol–water partition coefficient (Wildman–Crippen LogP) is 1.68. The van der Waals surface area contributed by atoms with Crippen LogP contribution in [0.5, 0.6) is 0 Å². The molecule has 1 unspecified atom stereocenters. The molecule has 0 spiro atoms. The summed E-state index contributed by atoms with van der Waals surface area (Å²) in [7, 11) is 0. The van der Waals surface area contributed by atoms with Crippen LogP contribution in [0.4, 0.5) is 5.82 Å². The number of nitrogens with zero attached hydrogens (tertiary/aromatic N) is 5. The lowest BCUT2D eigenvalue weighted by Crippen LogP contribution is -2.25. The van der Waals surface area contributed by atoms with Crippen LogP contribution in [-0.4, -0.2) is 35.9 Å². The van der Waals surface area contributed by atoms with Gasteiger partial charge in [0.2, 0.25) is 5.91 Å². The number of H-pyrrole nitrogens is 1. The number of nitrogens with one attached hydrogen (secondary N) is 2. The summed E-state index contributed by atoms with van der Waals surface area (Å²) >= 11 is 0. The molecule has 4 heterocycles. The lowest BCUT2D eigenvalue weighted by Gasteiger charge is -2.24. The zero-order valence-corrected chi connectivity index (χ0v) is 14.9.